The number of carbonyl (C=O) groups excluding carboxylic acids is 2. The second-order valence-corrected chi connectivity index (χ2v) is 5.93. The van der Waals surface area contributed by atoms with E-state index in [1.165, 1.54) is 0 Å². The quantitative estimate of drug-likeness (QED) is 0.754. The molecule has 2 N–H and O–H groups in total. The fraction of sp³-hybridized carbons (Fsp3) is 0.0476. The van der Waals surface area contributed by atoms with E-state index < -0.39 is 6.10 Å². The smallest absolute Gasteiger partial charge is 0.270 e. The SMILES string of the molecule is O=C(Nc1ccc2c(c1)NC(=O)C(c1ccccc1)O2)c1ccccc1. The first-order valence-electron chi connectivity index (χ1n) is 8.23. The van der Waals surface area contributed by atoms with Gasteiger partial charge in [-0.15, -0.1) is 0 Å². The van der Waals surface area contributed by atoms with Crippen molar-refractivity contribution < 1.29 is 14.3 Å². The van der Waals surface area contributed by atoms with Gasteiger partial charge in [0.2, 0.25) is 6.10 Å². The number of rotatable bonds is 3. The number of hydrogen-bond donors (Lipinski definition) is 2. The van der Waals surface area contributed by atoms with Crippen LogP contribution in [0.25, 0.3) is 0 Å². The summed E-state index contributed by atoms with van der Waals surface area (Å²) < 4.78 is 5.85. The first kappa shape index (κ1) is 15.9. The van der Waals surface area contributed by atoms with Crippen molar-refractivity contribution >= 4 is 23.2 Å². The molecular weight excluding hydrogens is 328 g/mol. The lowest BCUT2D eigenvalue weighted by atomic mass is 10.1. The van der Waals surface area contributed by atoms with Crippen molar-refractivity contribution in [2.45, 2.75) is 6.10 Å². The van der Waals surface area contributed by atoms with Crippen LogP contribution >= 0.6 is 0 Å². The molecule has 0 aromatic heterocycles. The second kappa shape index (κ2) is 6.72. The standard InChI is InChI=1S/C21H16N2O3/c24-20(15-9-5-2-6-10-15)22-16-11-12-18-17(13-16)23-21(25)19(26-18)14-7-3-1-4-8-14/h1-13,19H,(H,22,24)(H,23,25). The van der Waals surface area contributed by atoms with Crippen LogP contribution in [0.1, 0.15) is 22.0 Å². The van der Waals surface area contributed by atoms with Gasteiger partial charge in [0.25, 0.3) is 11.8 Å². The van der Waals surface area contributed by atoms with Gasteiger partial charge in [0.1, 0.15) is 5.75 Å². The average Bonchev–Trinajstić information content (AvgIpc) is 2.69. The number of nitrogens with one attached hydrogen (secondary N) is 2. The molecule has 1 heterocycles. The molecule has 1 unspecified atom stereocenters. The maximum absolute atomic E-state index is 12.4. The van der Waals surface area contributed by atoms with Crippen molar-refractivity contribution in [3.05, 3.63) is 90.0 Å². The van der Waals surface area contributed by atoms with Gasteiger partial charge in [0, 0.05) is 16.8 Å². The van der Waals surface area contributed by atoms with Crippen LogP contribution in [0.3, 0.4) is 0 Å². The number of anilines is 2. The van der Waals surface area contributed by atoms with E-state index in [0.717, 1.165) is 5.56 Å². The third-order valence-electron chi connectivity index (χ3n) is 4.12. The summed E-state index contributed by atoms with van der Waals surface area (Å²) in [4.78, 5) is 24.6. The molecule has 0 saturated carbocycles. The van der Waals surface area contributed by atoms with Gasteiger partial charge in [0.05, 0.1) is 5.69 Å². The van der Waals surface area contributed by atoms with E-state index in [9.17, 15) is 9.59 Å². The molecule has 0 spiro atoms. The highest BCUT2D eigenvalue weighted by atomic mass is 16.5. The van der Waals surface area contributed by atoms with Gasteiger partial charge in [-0.05, 0) is 30.3 Å². The predicted octanol–water partition coefficient (Wildman–Crippen LogP) is 4.01. The van der Waals surface area contributed by atoms with Crippen LogP contribution in [0.4, 0.5) is 11.4 Å². The first-order valence-corrected chi connectivity index (χ1v) is 8.23. The van der Waals surface area contributed by atoms with E-state index in [1.807, 2.05) is 36.4 Å². The van der Waals surface area contributed by atoms with Crippen LogP contribution in [0, 0.1) is 0 Å². The van der Waals surface area contributed by atoms with Crippen LogP contribution in [0.15, 0.2) is 78.9 Å². The molecule has 4 rings (SSSR count). The Morgan fingerprint density at radius 2 is 1.62 bits per heavy atom. The number of fused-ring (bicyclic) bond motifs is 1. The summed E-state index contributed by atoms with van der Waals surface area (Å²) in [7, 11) is 0. The molecule has 1 atom stereocenters. The molecule has 2 amide bonds. The molecule has 0 bridgehead atoms. The Kier molecular flexibility index (Phi) is 4.11. The van der Waals surface area contributed by atoms with Crippen LogP contribution in [-0.2, 0) is 4.79 Å². The number of benzene rings is 3. The lowest BCUT2D eigenvalue weighted by molar-refractivity contribution is -0.123. The zero-order valence-electron chi connectivity index (χ0n) is 13.8. The van der Waals surface area contributed by atoms with Crippen LogP contribution in [0.2, 0.25) is 0 Å². The maximum atomic E-state index is 12.4. The van der Waals surface area contributed by atoms with Gasteiger partial charge < -0.3 is 15.4 Å². The topological polar surface area (TPSA) is 67.4 Å². The molecule has 0 radical (unpaired) electrons. The van der Waals surface area contributed by atoms with Crippen LogP contribution in [-0.4, -0.2) is 11.8 Å². The summed E-state index contributed by atoms with van der Waals surface area (Å²) in [5.41, 5.74) is 2.47. The maximum Gasteiger partial charge on any atom is 0.270 e. The van der Waals surface area contributed by atoms with Crippen LogP contribution < -0.4 is 15.4 Å². The zero-order chi connectivity index (χ0) is 17.9. The molecule has 128 valence electrons. The Morgan fingerprint density at radius 3 is 2.35 bits per heavy atom. The molecule has 1 aliphatic rings. The van der Waals surface area contributed by atoms with Crippen molar-refractivity contribution in [2.24, 2.45) is 0 Å². The summed E-state index contributed by atoms with van der Waals surface area (Å²) in [6.45, 7) is 0. The van der Waals surface area contributed by atoms with Crippen molar-refractivity contribution in [2.75, 3.05) is 10.6 Å². The zero-order valence-corrected chi connectivity index (χ0v) is 13.8. The fourth-order valence-electron chi connectivity index (χ4n) is 2.83. The number of ether oxygens (including phenoxy) is 1. The summed E-state index contributed by atoms with van der Waals surface area (Å²) in [6.07, 6.45) is -0.687. The molecule has 0 fully saturated rings. The monoisotopic (exact) mass is 344 g/mol. The third kappa shape index (κ3) is 3.15. The Bertz CT molecular complexity index is 956. The largest absolute Gasteiger partial charge is 0.474 e. The molecule has 3 aromatic carbocycles. The van der Waals surface area contributed by atoms with Gasteiger partial charge in [-0.25, -0.2) is 0 Å². The molecule has 0 saturated heterocycles. The van der Waals surface area contributed by atoms with E-state index in [2.05, 4.69) is 10.6 Å². The minimum atomic E-state index is -0.687. The van der Waals surface area contributed by atoms with E-state index in [4.69, 9.17) is 4.74 Å². The Balaban J connectivity index is 1.54. The van der Waals surface area contributed by atoms with E-state index in [1.54, 1.807) is 42.5 Å². The van der Waals surface area contributed by atoms with Gasteiger partial charge in [-0.3, -0.25) is 9.59 Å². The van der Waals surface area contributed by atoms with Gasteiger partial charge in [-0.2, -0.15) is 0 Å². The summed E-state index contributed by atoms with van der Waals surface area (Å²) >= 11 is 0. The van der Waals surface area contributed by atoms with E-state index in [0.29, 0.717) is 22.7 Å². The highest BCUT2D eigenvalue weighted by Crippen LogP contribution is 2.36. The summed E-state index contributed by atoms with van der Waals surface area (Å²) in [5, 5.41) is 5.67. The minimum Gasteiger partial charge on any atom is -0.474 e. The lowest BCUT2D eigenvalue weighted by Gasteiger charge is -2.26. The van der Waals surface area contributed by atoms with Gasteiger partial charge in [-0.1, -0.05) is 48.5 Å². The predicted molar refractivity (Wildman–Crippen MR) is 99.3 cm³/mol. The molecule has 1 aliphatic heterocycles. The fourth-order valence-corrected chi connectivity index (χ4v) is 2.83. The normalized spacial score (nSPS) is 15.4. The minimum absolute atomic E-state index is 0.212. The number of hydrogen-bond acceptors (Lipinski definition) is 3. The molecule has 26 heavy (non-hydrogen) atoms. The number of carbonyl (C=O) groups is 2. The van der Waals surface area contributed by atoms with Gasteiger partial charge >= 0.3 is 0 Å². The van der Waals surface area contributed by atoms with Crippen molar-refractivity contribution in [3.8, 4) is 5.75 Å². The molecule has 3 aromatic rings. The Morgan fingerprint density at radius 1 is 0.923 bits per heavy atom. The van der Waals surface area contributed by atoms with Crippen molar-refractivity contribution in [1.82, 2.24) is 0 Å². The average molecular weight is 344 g/mol. The third-order valence-corrected chi connectivity index (χ3v) is 4.12. The molecule has 5 nitrogen and oxygen atoms in total. The van der Waals surface area contributed by atoms with E-state index >= 15 is 0 Å². The van der Waals surface area contributed by atoms with Crippen molar-refractivity contribution in [1.29, 1.82) is 0 Å². The molecular formula is C21H16N2O3. The second-order valence-electron chi connectivity index (χ2n) is 5.93. The summed E-state index contributed by atoms with van der Waals surface area (Å²) in [6, 6.07) is 23.4. The van der Waals surface area contributed by atoms with Gasteiger partial charge in [0.15, 0.2) is 0 Å². The number of amides is 2. The Hall–Kier alpha value is -3.60. The van der Waals surface area contributed by atoms with Crippen molar-refractivity contribution in [3.63, 3.8) is 0 Å². The van der Waals surface area contributed by atoms with Crippen LogP contribution in [0.5, 0.6) is 5.75 Å². The molecule has 5 heteroatoms. The lowest BCUT2D eigenvalue weighted by Crippen LogP contribution is -2.30. The summed E-state index contributed by atoms with van der Waals surface area (Å²) in [5.74, 6) is 0.113. The first-order chi connectivity index (χ1) is 12.7. The van der Waals surface area contributed by atoms with E-state index in [-0.39, 0.29) is 11.8 Å². The highest BCUT2D eigenvalue weighted by Gasteiger charge is 2.29. The highest BCUT2D eigenvalue weighted by molar-refractivity contribution is 6.05. The molecule has 0 aliphatic carbocycles. The Labute approximate surface area is 150 Å².